The predicted molar refractivity (Wildman–Crippen MR) is 135 cm³/mol. The molecule has 3 aromatic carbocycles. The molecule has 0 fully saturated rings. The zero-order chi connectivity index (χ0) is 23.2. The number of nitrogens with zero attached hydrogens (tertiary/aromatic N) is 2. The topological polar surface area (TPSA) is 70.2 Å². The summed E-state index contributed by atoms with van der Waals surface area (Å²) in [6, 6.07) is 21.3. The highest BCUT2D eigenvalue weighted by molar-refractivity contribution is 6.05. The monoisotopic (exact) mass is 442 g/mol. The zero-order valence-corrected chi connectivity index (χ0v) is 19.4. The number of anilines is 2. The molecule has 1 aromatic heterocycles. The fourth-order valence-electron chi connectivity index (χ4n) is 3.91. The molecule has 170 valence electrons. The van der Waals surface area contributed by atoms with Crippen LogP contribution in [0.25, 0.3) is 22.4 Å². The van der Waals surface area contributed by atoms with Gasteiger partial charge in [-0.05, 0) is 79.6 Å². The van der Waals surface area contributed by atoms with Crippen LogP contribution in [0.15, 0.2) is 66.7 Å². The van der Waals surface area contributed by atoms with E-state index >= 15 is 0 Å². The number of carbonyl (C=O) groups excluding carboxylic acids is 1. The summed E-state index contributed by atoms with van der Waals surface area (Å²) >= 11 is 0. The highest BCUT2D eigenvalue weighted by Gasteiger charge is 2.11. The molecule has 33 heavy (non-hydrogen) atoms. The van der Waals surface area contributed by atoms with E-state index in [2.05, 4.69) is 34.0 Å². The summed E-state index contributed by atoms with van der Waals surface area (Å²) in [7, 11) is 1.65. The fraction of sp³-hybridized carbons (Fsp3) is 0.259. The van der Waals surface area contributed by atoms with Crippen LogP contribution in [0, 0.1) is 0 Å². The molecule has 1 heterocycles. The Labute approximate surface area is 194 Å². The van der Waals surface area contributed by atoms with Crippen LogP contribution in [0.2, 0.25) is 0 Å². The number of methoxy groups -OCH3 is 1. The normalized spacial score (nSPS) is 10.9. The Bertz CT molecular complexity index is 1210. The van der Waals surface area contributed by atoms with E-state index in [0.29, 0.717) is 5.56 Å². The highest BCUT2D eigenvalue weighted by atomic mass is 16.5. The number of rotatable bonds is 9. The van der Waals surface area contributed by atoms with E-state index in [-0.39, 0.29) is 5.91 Å². The minimum absolute atomic E-state index is 0.131. The first-order valence-corrected chi connectivity index (χ1v) is 11.4. The van der Waals surface area contributed by atoms with Gasteiger partial charge in [-0.1, -0.05) is 13.8 Å². The van der Waals surface area contributed by atoms with Crippen LogP contribution in [0.4, 0.5) is 11.4 Å². The summed E-state index contributed by atoms with van der Waals surface area (Å²) in [5.41, 5.74) is 5.19. The van der Waals surface area contributed by atoms with Gasteiger partial charge in [0.25, 0.3) is 5.91 Å². The molecule has 0 radical (unpaired) electrons. The van der Waals surface area contributed by atoms with Gasteiger partial charge in [0.1, 0.15) is 11.6 Å². The number of benzene rings is 3. The third-order valence-corrected chi connectivity index (χ3v) is 5.58. The Morgan fingerprint density at radius 1 is 0.970 bits per heavy atom. The first kappa shape index (κ1) is 22.4. The van der Waals surface area contributed by atoms with Crippen LogP contribution < -0.4 is 15.0 Å². The van der Waals surface area contributed by atoms with Gasteiger partial charge >= 0.3 is 0 Å². The number of H-pyrrole nitrogens is 1. The standard InChI is InChI=1S/C27H30N4O2/c1-4-16-31(17-5-2)22-11-6-20(7-12-22)27(32)28-21-10-15-24-25(18-21)30-26(29-24)19-8-13-23(33-3)14-9-19/h6-15,18H,4-5,16-17H2,1-3H3,(H,28,32)(H,29,30). The molecule has 0 spiro atoms. The maximum Gasteiger partial charge on any atom is 0.255 e. The molecule has 2 N–H and O–H groups in total. The lowest BCUT2D eigenvalue weighted by Crippen LogP contribution is -2.24. The second kappa shape index (κ2) is 10.2. The number of amides is 1. The largest absolute Gasteiger partial charge is 0.497 e. The summed E-state index contributed by atoms with van der Waals surface area (Å²) in [5, 5.41) is 3.00. The van der Waals surface area contributed by atoms with Crippen molar-refractivity contribution in [1.82, 2.24) is 9.97 Å². The molecule has 4 rings (SSSR count). The second-order valence-corrected chi connectivity index (χ2v) is 8.03. The third-order valence-electron chi connectivity index (χ3n) is 5.58. The van der Waals surface area contributed by atoms with Crippen molar-refractivity contribution in [2.24, 2.45) is 0 Å². The molecule has 0 saturated carbocycles. The molecule has 0 aliphatic heterocycles. The van der Waals surface area contributed by atoms with Gasteiger partial charge < -0.3 is 19.9 Å². The lowest BCUT2D eigenvalue weighted by atomic mass is 10.1. The number of hydrogen-bond acceptors (Lipinski definition) is 4. The number of hydrogen-bond donors (Lipinski definition) is 2. The van der Waals surface area contributed by atoms with Crippen LogP contribution in [0.1, 0.15) is 37.0 Å². The van der Waals surface area contributed by atoms with Crippen molar-refractivity contribution >= 4 is 28.3 Å². The van der Waals surface area contributed by atoms with E-state index in [1.54, 1.807) is 7.11 Å². The van der Waals surface area contributed by atoms with Crippen molar-refractivity contribution in [1.29, 1.82) is 0 Å². The molecule has 1 amide bonds. The van der Waals surface area contributed by atoms with Gasteiger partial charge in [-0.3, -0.25) is 4.79 Å². The average Bonchev–Trinajstić information content (AvgIpc) is 3.27. The molecular weight excluding hydrogens is 412 g/mol. The van der Waals surface area contributed by atoms with E-state index in [1.807, 2.05) is 66.7 Å². The number of imidazole rings is 1. The van der Waals surface area contributed by atoms with E-state index < -0.39 is 0 Å². The Morgan fingerprint density at radius 3 is 2.30 bits per heavy atom. The predicted octanol–water partition coefficient (Wildman–Crippen LogP) is 6.12. The van der Waals surface area contributed by atoms with Gasteiger partial charge in [-0.25, -0.2) is 4.98 Å². The first-order chi connectivity index (χ1) is 16.1. The third kappa shape index (κ3) is 5.17. The summed E-state index contributed by atoms with van der Waals surface area (Å²) in [6.07, 6.45) is 2.19. The number of carbonyl (C=O) groups is 1. The lowest BCUT2D eigenvalue weighted by Gasteiger charge is -2.23. The van der Waals surface area contributed by atoms with E-state index in [9.17, 15) is 4.79 Å². The second-order valence-electron chi connectivity index (χ2n) is 8.03. The number of aromatic nitrogens is 2. The molecule has 0 unspecified atom stereocenters. The smallest absolute Gasteiger partial charge is 0.255 e. The minimum atomic E-state index is -0.131. The van der Waals surface area contributed by atoms with Crippen LogP contribution in [-0.2, 0) is 0 Å². The first-order valence-electron chi connectivity index (χ1n) is 11.4. The van der Waals surface area contributed by atoms with Gasteiger partial charge in [-0.15, -0.1) is 0 Å². The van der Waals surface area contributed by atoms with Gasteiger partial charge in [-0.2, -0.15) is 0 Å². The number of aromatic amines is 1. The lowest BCUT2D eigenvalue weighted by molar-refractivity contribution is 0.102. The van der Waals surface area contributed by atoms with Crippen LogP contribution in [-0.4, -0.2) is 36.1 Å². The molecule has 0 aliphatic rings. The summed E-state index contributed by atoms with van der Waals surface area (Å²) in [6.45, 7) is 6.39. The van der Waals surface area contributed by atoms with Crippen LogP contribution in [0.3, 0.4) is 0 Å². The van der Waals surface area contributed by atoms with Crippen molar-refractivity contribution in [2.75, 3.05) is 30.4 Å². The Balaban J connectivity index is 1.48. The molecule has 4 aromatic rings. The van der Waals surface area contributed by atoms with Gasteiger partial charge in [0.2, 0.25) is 0 Å². The SMILES string of the molecule is CCCN(CCC)c1ccc(C(=O)Nc2ccc3nc(-c4ccc(OC)cc4)[nH]c3c2)cc1. The fourth-order valence-corrected chi connectivity index (χ4v) is 3.91. The van der Waals surface area contributed by atoms with Crippen molar-refractivity contribution in [3.63, 3.8) is 0 Å². The van der Waals surface area contributed by atoms with E-state index in [1.165, 1.54) is 0 Å². The van der Waals surface area contributed by atoms with Gasteiger partial charge in [0.15, 0.2) is 0 Å². The summed E-state index contributed by atoms with van der Waals surface area (Å²) < 4.78 is 5.22. The van der Waals surface area contributed by atoms with E-state index in [4.69, 9.17) is 4.74 Å². The maximum absolute atomic E-state index is 12.8. The minimum Gasteiger partial charge on any atom is -0.497 e. The number of ether oxygens (including phenoxy) is 1. The summed E-state index contributed by atoms with van der Waals surface area (Å²) in [4.78, 5) is 23.2. The average molecular weight is 443 g/mol. The Kier molecular flexibility index (Phi) is 6.93. The van der Waals surface area contributed by atoms with E-state index in [0.717, 1.165) is 65.5 Å². The van der Waals surface area contributed by atoms with Crippen LogP contribution in [0.5, 0.6) is 5.75 Å². The molecule has 6 nitrogen and oxygen atoms in total. The highest BCUT2D eigenvalue weighted by Crippen LogP contribution is 2.25. The maximum atomic E-state index is 12.8. The Morgan fingerprint density at radius 2 is 1.67 bits per heavy atom. The van der Waals surface area contributed by atoms with Crippen molar-refractivity contribution < 1.29 is 9.53 Å². The number of fused-ring (bicyclic) bond motifs is 1. The van der Waals surface area contributed by atoms with Gasteiger partial charge in [0, 0.05) is 35.6 Å². The molecule has 0 saturated heterocycles. The quantitative estimate of drug-likeness (QED) is 0.328. The van der Waals surface area contributed by atoms with Crippen molar-refractivity contribution in [2.45, 2.75) is 26.7 Å². The molecule has 0 bridgehead atoms. The zero-order valence-electron chi connectivity index (χ0n) is 19.4. The Hall–Kier alpha value is -3.80. The summed E-state index contributed by atoms with van der Waals surface area (Å²) in [5.74, 6) is 1.44. The number of nitrogens with one attached hydrogen (secondary N) is 2. The van der Waals surface area contributed by atoms with Gasteiger partial charge in [0.05, 0.1) is 18.1 Å². The van der Waals surface area contributed by atoms with Crippen molar-refractivity contribution in [3.8, 4) is 17.1 Å². The molecule has 6 heteroatoms. The molecular formula is C27H30N4O2. The molecule has 0 aliphatic carbocycles. The molecule has 0 atom stereocenters. The van der Waals surface area contributed by atoms with Crippen molar-refractivity contribution in [3.05, 3.63) is 72.3 Å². The van der Waals surface area contributed by atoms with Crippen LogP contribution >= 0.6 is 0 Å².